The van der Waals surface area contributed by atoms with Gasteiger partial charge in [0.2, 0.25) is 0 Å². The molecular formula is C15H14O2. The minimum absolute atomic E-state index is 0.636. The van der Waals surface area contributed by atoms with Crippen molar-refractivity contribution >= 4 is 0 Å². The molecule has 2 nitrogen and oxygen atoms in total. The fraction of sp³-hybridized carbons (Fsp3) is 0.200. The van der Waals surface area contributed by atoms with Crippen LogP contribution in [-0.4, -0.2) is 7.11 Å². The normalized spacial score (nSPS) is 12.4. The van der Waals surface area contributed by atoms with Gasteiger partial charge in [0.05, 0.1) is 7.11 Å². The first-order valence-electron chi connectivity index (χ1n) is 5.70. The molecule has 0 saturated carbocycles. The summed E-state index contributed by atoms with van der Waals surface area (Å²) in [6.07, 6.45) is 0. The van der Waals surface area contributed by atoms with Crippen molar-refractivity contribution in [2.75, 3.05) is 7.11 Å². The number of rotatable bonds is 1. The Kier molecular flexibility index (Phi) is 2.29. The third kappa shape index (κ3) is 1.48. The summed E-state index contributed by atoms with van der Waals surface area (Å²) in [6, 6.07) is 12.4. The molecular weight excluding hydrogens is 212 g/mol. The van der Waals surface area contributed by atoms with Gasteiger partial charge in [-0.05, 0) is 30.2 Å². The molecule has 0 bridgehead atoms. The molecule has 0 spiro atoms. The Labute approximate surface area is 101 Å². The van der Waals surface area contributed by atoms with Gasteiger partial charge in [0.25, 0.3) is 0 Å². The van der Waals surface area contributed by atoms with Gasteiger partial charge in [-0.1, -0.05) is 24.3 Å². The molecule has 0 saturated heterocycles. The summed E-state index contributed by atoms with van der Waals surface area (Å²) in [5, 5.41) is 0. The minimum Gasteiger partial charge on any atom is -0.496 e. The van der Waals surface area contributed by atoms with Crippen LogP contribution in [0.15, 0.2) is 36.4 Å². The summed E-state index contributed by atoms with van der Waals surface area (Å²) in [4.78, 5) is 0. The van der Waals surface area contributed by atoms with E-state index in [1.165, 1.54) is 11.1 Å². The summed E-state index contributed by atoms with van der Waals surface area (Å²) >= 11 is 0. The molecule has 3 rings (SSSR count). The zero-order valence-corrected chi connectivity index (χ0v) is 9.99. The lowest BCUT2D eigenvalue weighted by atomic mass is 9.95. The molecule has 0 N–H and O–H groups in total. The summed E-state index contributed by atoms with van der Waals surface area (Å²) in [7, 11) is 1.69. The summed E-state index contributed by atoms with van der Waals surface area (Å²) < 4.78 is 11.2. The van der Waals surface area contributed by atoms with Crippen molar-refractivity contribution in [2.45, 2.75) is 13.5 Å². The van der Waals surface area contributed by atoms with Crippen molar-refractivity contribution in [2.24, 2.45) is 0 Å². The first kappa shape index (κ1) is 10.2. The van der Waals surface area contributed by atoms with Crippen molar-refractivity contribution in [3.05, 3.63) is 47.5 Å². The molecule has 0 aliphatic carbocycles. The van der Waals surface area contributed by atoms with Gasteiger partial charge >= 0.3 is 0 Å². The predicted octanol–water partition coefficient (Wildman–Crippen LogP) is 3.56. The third-order valence-corrected chi connectivity index (χ3v) is 3.26. The van der Waals surface area contributed by atoms with Crippen LogP contribution in [0.25, 0.3) is 11.1 Å². The third-order valence-electron chi connectivity index (χ3n) is 3.26. The van der Waals surface area contributed by atoms with Crippen LogP contribution in [0.4, 0.5) is 0 Å². The Hall–Kier alpha value is -1.96. The summed E-state index contributed by atoms with van der Waals surface area (Å²) in [5.74, 6) is 1.83. The standard InChI is InChI=1S/C15H14O2/c1-10-14(16-2)8-7-13-12-6-4-3-5-11(12)9-17-15(10)13/h3-8H,9H2,1-2H3. The lowest BCUT2D eigenvalue weighted by molar-refractivity contribution is 0.297. The average Bonchev–Trinajstić information content (AvgIpc) is 2.39. The smallest absolute Gasteiger partial charge is 0.134 e. The number of methoxy groups -OCH3 is 1. The molecule has 0 aromatic heterocycles. The zero-order chi connectivity index (χ0) is 11.8. The Morgan fingerprint density at radius 3 is 2.71 bits per heavy atom. The van der Waals surface area contributed by atoms with E-state index in [9.17, 15) is 0 Å². The van der Waals surface area contributed by atoms with E-state index >= 15 is 0 Å². The van der Waals surface area contributed by atoms with Crippen LogP contribution in [0, 0.1) is 6.92 Å². The van der Waals surface area contributed by atoms with Crippen LogP contribution in [0.1, 0.15) is 11.1 Å². The highest BCUT2D eigenvalue weighted by atomic mass is 16.5. The number of hydrogen-bond donors (Lipinski definition) is 0. The fourth-order valence-corrected chi connectivity index (χ4v) is 2.35. The SMILES string of the molecule is COc1ccc2c(c1C)OCc1ccccc1-2. The topological polar surface area (TPSA) is 18.5 Å². The second-order valence-corrected chi connectivity index (χ2v) is 4.22. The van der Waals surface area contributed by atoms with Crippen LogP contribution in [0.2, 0.25) is 0 Å². The molecule has 0 fully saturated rings. The van der Waals surface area contributed by atoms with E-state index in [1.54, 1.807) is 7.11 Å². The highest BCUT2D eigenvalue weighted by Gasteiger charge is 2.20. The van der Waals surface area contributed by atoms with Gasteiger partial charge in [0, 0.05) is 11.1 Å². The van der Waals surface area contributed by atoms with Gasteiger partial charge in [-0.3, -0.25) is 0 Å². The van der Waals surface area contributed by atoms with E-state index in [0.717, 1.165) is 22.6 Å². The van der Waals surface area contributed by atoms with Crippen LogP contribution < -0.4 is 9.47 Å². The Bertz CT molecular complexity index is 573. The van der Waals surface area contributed by atoms with Crippen LogP contribution >= 0.6 is 0 Å². The molecule has 2 aromatic carbocycles. The van der Waals surface area contributed by atoms with Crippen molar-refractivity contribution in [3.8, 4) is 22.6 Å². The maximum absolute atomic E-state index is 5.84. The molecule has 86 valence electrons. The van der Waals surface area contributed by atoms with Gasteiger partial charge in [-0.15, -0.1) is 0 Å². The van der Waals surface area contributed by atoms with Crippen LogP contribution in [0.3, 0.4) is 0 Å². The van der Waals surface area contributed by atoms with E-state index < -0.39 is 0 Å². The molecule has 0 radical (unpaired) electrons. The molecule has 2 heteroatoms. The Morgan fingerprint density at radius 1 is 1.06 bits per heavy atom. The van der Waals surface area contributed by atoms with Gasteiger partial charge in [0.1, 0.15) is 18.1 Å². The lowest BCUT2D eigenvalue weighted by Crippen LogP contribution is -2.07. The van der Waals surface area contributed by atoms with Crippen LogP contribution in [-0.2, 0) is 6.61 Å². The minimum atomic E-state index is 0.636. The van der Waals surface area contributed by atoms with E-state index in [1.807, 2.05) is 19.1 Å². The quantitative estimate of drug-likeness (QED) is 0.740. The van der Waals surface area contributed by atoms with E-state index in [0.29, 0.717) is 6.61 Å². The van der Waals surface area contributed by atoms with Crippen molar-refractivity contribution < 1.29 is 9.47 Å². The molecule has 1 heterocycles. The lowest BCUT2D eigenvalue weighted by Gasteiger charge is -2.23. The van der Waals surface area contributed by atoms with Gasteiger partial charge in [-0.25, -0.2) is 0 Å². The van der Waals surface area contributed by atoms with Crippen LogP contribution in [0.5, 0.6) is 11.5 Å². The molecule has 17 heavy (non-hydrogen) atoms. The second kappa shape index (κ2) is 3.81. The number of fused-ring (bicyclic) bond motifs is 3. The predicted molar refractivity (Wildman–Crippen MR) is 67.5 cm³/mol. The van der Waals surface area contributed by atoms with Crippen molar-refractivity contribution in [1.82, 2.24) is 0 Å². The maximum Gasteiger partial charge on any atom is 0.134 e. The van der Waals surface area contributed by atoms with Gasteiger partial charge < -0.3 is 9.47 Å². The highest BCUT2D eigenvalue weighted by Crippen LogP contribution is 2.42. The van der Waals surface area contributed by atoms with Crippen molar-refractivity contribution in [1.29, 1.82) is 0 Å². The van der Waals surface area contributed by atoms with Gasteiger partial charge in [-0.2, -0.15) is 0 Å². The first-order chi connectivity index (χ1) is 8.31. The molecule has 0 atom stereocenters. The fourth-order valence-electron chi connectivity index (χ4n) is 2.35. The number of hydrogen-bond acceptors (Lipinski definition) is 2. The first-order valence-corrected chi connectivity index (χ1v) is 5.70. The van der Waals surface area contributed by atoms with E-state index in [2.05, 4.69) is 24.3 Å². The molecule has 0 unspecified atom stereocenters. The highest BCUT2D eigenvalue weighted by molar-refractivity contribution is 5.77. The Morgan fingerprint density at radius 2 is 1.88 bits per heavy atom. The van der Waals surface area contributed by atoms with Gasteiger partial charge in [0.15, 0.2) is 0 Å². The average molecular weight is 226 g/mol. The zero-order valence-electron chi connectivity index (χ0n) is 9.99. The van der Waals surface area contributed by atoms with Crippen molar-refractivity contribution in [3.63, 3.8) is 0 Å². The monoisotopic (exact) mass is 226 g/mol. The molecule has 2 aromatic rings. The number of benzene rings is 2. The maximum atomic E-state index is 5.84. The summed E-state index contributed by atoms with van der Waals surface area (Å²) in [6.45, 7) is 2.67. The second-order valence-electron chi connectivity index (χ2n) is 4.22. The largest absolute Gasteiger partial charge is 0.496 e. The van der Waals surface area contributed by atoms with E-state index in [4.69, 9.17) is 9.47 Å². The van der Waals surface area contributed by atoms with E-state index in [-0.39, 0.29) is 0 Å². The molecule has 1 aliphatic rings. The number of ether oxygens (including phenoxy) is 2. The summed E-state index contributed by atoms with van der Waals surface area (Å²) in [5.41, 5.74) is 4.73. The molecule has 0 amide bonds. The molecule has 1 aliphatic heterocycles. The Balaban J connectivity index is 2.24.